The van der Waals surface area contributed by atoms with Crippen LogP contribution >= 0.6 is 23.1 Å². The Kier molecular flexibility index (Phi) is 6.47. The molecule has 0 aliphatic heterocycles. The molecule has 3 aromatic rings. The third-order valence-electron chi connectivity index (χ3n) is 3.81. The standard InChI is InChI=1S/C20H19FN2O2S2/c1-13-7-8-17(18(9-13)25-2)23-19(24)10-15-12-27-20(22-15)26-11-14-5-3-4-6-16(14)21/h3-9,12H,10-11H2,1-2H3,(H,23,24). The van der Waals surface area contributed by atoms with Gasteiger partial charge in [-0.3, -0.25) is 4.79 Å². The van der Waals surface area contributed by atoms with Crippen LogP contribution < -0.4 is 10.1 Å². The Morgan fingerprint density at radius 3 is 2.89 bits per heavy atom. The fraction of sp³-hybridized carbons (Fsp3) is 0.200. The number of methoxy groups -OCH3 is 1. The zero-order valence-electron chi connectivity index (χ0n) is 15.0. The number of amides is 1. The monoisotopic (exact) mass is 402 g/mol. The molecule has 27 heavy (non-hydrogen) atoms. The zero-order valence-corrected chi connectivity index (χ0v) is 16.6. The van der Waals surface area contributed by atoms with Gasteiger partial charge in [-0.15, -0.1) is 11.3 Å². The number of benzene rings is 2. The number of aryl methyl sites for hydroxylation is 1. The van der Waals surface area contributed by atoms with Crippen molar-refractivity contribution in [3.8, 4) is 5.75 Å². The van der Waals surface area contributed by atoms with Crippen molar-refractivity contribution in [1.82, 2.24) is 4.98 Å². The SMILES string of the molecule is COc1cc(C)ccc1NC(=O)Cc1csc(SCc2ccccc2F)n1. The lowest BCUT2D eigenvalue weighted by molar-refractivity contribution is -0.115. The summed E-state index contributed by atoms with van der Waals surface area (Å²) in [6.07, 6.45) is 0.174. The summed E-state index contributed by atoms with van der Waals surface area (Å²) in [5, 5.41) is 4.71. The van der Waals surface area contributed by atoms with E-state index in [0.29, 0.717) is 28.4 Å². The molecule has 140 valence electrons. The fourth-order valence-corrected chi connectivity index (χ4v) is 4.28. The van der Waals surface area contributed by atoms with E-state index in [1.807, 2.05) is 36.6 Å². The third-order valence-corrected chi connectivity index (χ3v) is 5.93. The molecule has 0 fully saturated rings. The minimum absolute atomic E-state index is 0.159. The van der Waals surface area contributed by atoms with E-state index in [9.17, 15) is 9.18 Å². The number of thioether (sulfide) groups is 1. The number of hydrogen-bond donors (Lipinski definition) is 1. The van der Waals surface area contributed by atoms with Gasteiger partial charge in [0.05, 0.1) is 24.9 Å². The molecule has 0 unspecified atom stereocenters. The average molecular weight is 403 g/mol. The highest BCUT2D eigenvalue weighted by Crippen LogP contribution is 2.28. The highest BCUT2D eigenvalue weighted by atomic mass is 32.2. The van der Waals surface area contributed by atoms with Gasteiger partial charge in [-0.1, -0.05) is 36.0 Å². The van der Waals surface area contributed by atoms with Crippen molar-refractivity contribution in [2.45, 2.75) is 23.4 Å². The van der Waals surface area contributed by atoms with E-state index in [4.69, 9.17) is 4.74 Å². The van der Waals surface area contributed by atoms with Crippen LogP contribution in [-0.4, -0.2) is 18.0 Å². The number of anilines is 1. The molecular formula is C20H19FN2O2S2. The van der Waals surface area contributed by atoms with Gasteiger partial charge in [-0.05, 0) is 36.2 Å². The van der Waals surface area contributed by atoms with Crippen LogP contribution in [0.15, 0.2) is 52.2 Å². The number of ether oxygens (including phenoxy) is 1. The average Bonchev–Trinajstić information content (AvgIpc) is 3.09. The van der Waals surface area contributed by atoms with Crippen LogP contribution in [0.1, 0.15) is 16.8 Å². The van der Waals surface area contributed by atoms with Crippen LogP contribution in [0.4, 0.5) is 10.1 Å². The first kappa shape index (κ1) is 19.4. The number of nitrogens with one attached hydrogen (secondary N) is 1. The van der Waals surface area contributed by atoms with E-state index < -0.39 is 0 Å². The van der Waals surface area contributed by atoms with Crippen LogP contribution in [0.5, 0.6) is 5.75 Å². The number of aromatic nitrogens is 1. The minimum Gasteiger partial charge on any atom is -0.495 e. The lowest BCUT2D eigenvalue weighted by Gasteiger charge is -2.10. The maximum Gasteiger partial charge on any atom is 0.230 e. The van der Waals surface area contributed by atoms with Gasteiger partial charge in [-0.25, -0.2) is 9.37 Å². The number of hydrogen-bond acceptors (Lipinski definition) is 5. The molecule has 0 aliphatic carbocycles. The summed E-state index contributed by atoms with van der Waals surface area (Å²) >= 11 is 2.92. The van der Waals surface area contributed by atoms with E-state index in [1.165, 1.54) is 29.2 Å². The van der Waals surface area contributed by atoms with E-state index >= 15 is 0 Å². The molecule has 1 amide bonds. The van der Waals surface area contributed by atoms with Gasteiger partial charge in [0.2, 0.25) is 5.91 Å². The van der Waals surface area contributed by atoms with Crippen molar-refractivity contribution < 1.29 is 13.9 Å². The molecule has 0 bridgehead atoms. The van der Waals surface area contributed by atoms with E-state index in [1.54, 1.807) is 19.2 Å². The summed E-state index contributed by atoms with van der Waals surface area (Å²) in [6, 6.07) is 12.3. The molecule has 3 rings (SSSR count). The van der Waals surface area contributed by atoms with Gasteiger partial charge in [0, 0.05) is 11.1 Å². The number of carbonyl (C=O) groups excluding carboxylic acids is 1. The van der Waals surface area contributed by atoms with Crippen LogP contribution in [0.25, 0.3) is 0 Å². The van der Waals surface area contributed by atoms with Crippen molar-refractivity contribution >= 4 is 34.7 Å². The highest BCUT2D eigenvalue weighted by molar-refractivity contribution is 8.00. The lowest BCUT2D eigenvalue weighted by atomic mass is 10.2. The predicted molar refractivity (Wildman–Crippen MR) is 108 cm³/mol. The van der Waals surface area contributed by atoms with Gasteiger partial charge in [-0.2, -0.15) is 0 Å². The van der Waals surface area contributed by atoms with Crippen LogP contribution in [0, 0.1) is 12.7 Å². The molecule has 0 spiro atoms. The summed E-state index contributed by atoms with van der Waals surface area (Å²) in [6.45, 7) is 1.96. The van der Waals surface area contributed by atoms with Crippen molar-refractivity contribution in [3.05, 3.63) is 70.5 Å². The summed E-state index contributed by atoms with van der Waals surface area (Å²) in [5.41, 5.74) is 3.03. The molecule has 0 atom stereocenters. The molecule has 4 nitrogen and oxygen atoms in total. The molecule has 7 heteroatoms. The highest BCUT2D eigenvalue weighted by Gasteiger charge is 2.12. The van der Waals surface area contributed by atoms with E-state index in [-0.39, 0.29) is 18.1 Å². The third kappa shape index (κ3) is 5.30. The Balaban J connectivity index is 1.57. The second kappa shape index (κ2) is 9.01. The van der Waals surface area contributed by atoms with Gasteiger partial charge in [0.15, 0.2) is 0 Å². The summed E-state index contributed by atoms with van der Waals surface area (Å²) in [7, 11) is 1.57. The van der Waals surface area contributed by atoms with Crippen LogP contribution in [-0.2, 0) is 17.0 Å². The first-order valence-corrected chi connectivity index (χ1v) is 10.2. The maximum absolute atomic E-state index is 13.7. The second-order valence-electron chi connectivity index (χ2n) is 5.91. The number of thiazole rings is 1. The van der Waals surface area contributed by atoms with Crippen molar-refractivity contribution in [1.29, 1.82) is 0 Å². The smallest absolute Gasteiger partial charge is 0.230 e. The Morgan fingerprint density at radius 2 is 2.11 bits per heavy atom. The van der Waals surface area contributed by atoms with Crippen molar-refractivity contribution in [3.63, 3.8) is 0 Å². The Labute approximate surface area is 165 Å². The predicted octanol–water partition coefficient (Wildman–Crippen LogP) is 5.07. The van der Waals surface area contributed by atoms with E-state index in [0.717, 1.165) is 9.90 Å². The number of halogens is 1. The lowest BCUT2D eigenvalue weighted by Crippen LogP contribution is -2.15. The zero-order chi connectivity index (χ0) is 19.2. The molecule has 1 heterocycles. The number of carbonyl (C=O) groups is 1. The van der Waals surface area contributed by atoms with Crippen molar-refractivity contribution in [2.24, 2.45) is 0 Å². The van der Waals surface area contributed by atoms with Gasteiger partial charge in [0.1, 0.15) is 15.9 Å². The van der Waals surface area contributed by atoms with Crippen molar-refractivity contribution in [2.75, 3.05) is 12.4 Å². The van der Waals surface area contributed by atoms with Gasteiger partial charge >= 0.3 is 0 Å². The van der Waals surface area contributed by atoms with Gasteiger partial charge < -0.3 is 10.1 Å². The van der Waals surface area contributed by atoms with Crippen LogP contribution in [0.3, 0.4) is 0 Å². The molecular weight excluding hydrogens is 383 g/mol. The number of rotatable bonds is 7. The summed E-state index contributed by atoms with van der Waals surface area (Å²) in [5.74, 6) is 0.760. The largest absolute Gasteiger partial charge is 0.495 e. The normalized spacial score (nSPS) is 10.6. The summed E-state index contributed by atoms with van der Waals surface area (Å²) in [4.78, 5) is 16.8. The molecule has 1 aromatic heterocycles. The molecule has 0 saturated heterocycles. The molecule has 1 N–H and O–H groups in total. The van der Waals surface area contributed by atoms with Crippen LogP contribution in [0.2, 0.25) is 0 Å². The Bertz CT molecular complexity index is 943. The summed E-state index contributed by atoms with van der Waals surface area (Å²) < 4.78 is 19.8. The second-order valence-corrected chi connectivity index (χ2v) is 7.99. The molecule has 0 aliphatic rings. The first-order valence-electron chi connectivity index (χ1n) is 8.30. The fourth-order valence-electron chi connectivity index (χ4n) is 2.45. The minimum atomic E-state index is -0.215. The molecule has 0 saturated carbocycles. The van der Waals surface area contributed by atoms with E-state index in [2.05, 4.69) is 10.3 Å². The quantitative estimate of drug-likeness (QED) is 0.561. The van der Waals surface area contributed by atoms with Gasteiger partial charge in [0.25, 0.3) is 0 Å². The molecule has 0 radical (unpaired) electrons. The topological polar surface area (TPSA) is 51.2 Å². The maximum atomic E-state index is 13.7. The number of nitrogens with zero attached hydrogens (tertiary/aromatic N) is 1. The molecule has 2 aromatic carbocycles. The Morgan fingerprint density at radius 1 is 1.30 bits per heavy atom. The Hall–Kier alpha value is -2.38. The first-order chi connectivity index (χ1) is 13.0.